The van der Waals surface area contributed by atoms with Crippen molar-refractivity contribution >= 4 is 13.3 Å². The molecule has 4 nitrogen and oxygen atoms in total. The quantitative estimate of drug-likeness (QED) is 0.154. The Morgan fingerprint density at radius 1 is 0.757 bits per heavy atom. The SMILES string of the molecule is CCc1cc(-c2[c-]cccn2)ncc1[Si](C)(C)C.[Ir].[c-]1ncccc1-c1ccc(-c2ccccc2)cn1. The molecule has 4 aromatic heterocycles. The first-order chi connectivity index (χ1) is 17.5. The van der Waals surface area contributed by atoms with E-state index >= 15 is 0 Å². The van der Waals surface area contributed by atoms with Gasteiger partial charge in [-0.1, -0.05) is 86.9 Å². The minimum atomic E-state index is -1.32. The van der Waals surface area contributed by atoms with Gasteiger partial charge in [0, 0.05) is 32.5 Å². The Hall–Kier alpha value is -3.31. The smallest absolute Gasteiger partial charge is 0.0798 e. The maximum Gasteiger partial charge on any atom is 0.0798 e. The van der Waals surface area contributed by atoms with Crippen LogP contribution in [-0.2, 0) is 26.5 Å². The van der Waals surface area contributed by atoms with Gasteiger partial charge >= 0.3 is 0 Å². The van der Waals surface area contributed by atoms with Gasteiger partial charge in [-0.2, -0.15) is 12.1 Å². The molecule has 0 atom stereocenters. The summed E-state index contributed by atoms with van der Waals surface area (Å²) in [5.41, 5.74) is 7.25. The number of aryl methyl sites for hydroxylation is 1. The van der Waals surface area contributed by atoms with E-state index in [1.807, 2.05) is 60.9 Å². The third-order valence-corrected chi connectivity index (χ3v) is 7.85. The van der Waals surface area contributed by atoms with Gasteiger partial charge in [-0.15, -0.1) is 23.8 Å². The number of nitrogens with zero attached hydrogens (tertiary/aromatic N) is 4. The molecule has 5 rings (SSSR count). The van der Waals surface area contributed by atoms with Crippen molar-refractivity contribution in [1.82, 2.24) is 19.9 Å². The zero-order chi connectivity index (χ0) is 25.4. The molecule has 0 saturated carbocycles. The molecule has 0 amide bonds. The third-order valence-electron chi connectivity index (χ3n) is 5.78. The van der Waals surface area contributed by atoms with Crippen LogP contribution in [0.3, 0.4) is 0 Å². The molecule has 0 aliphatic carbocycles. The first-order valence-corrected chi connectivity index (χ1v) is 15.6. The van der Waals surface area contributed by atoms with Crippen LogP contribution in [0.15, 0.2) is 97.6 Å². The Balaban J connectivity index is 0.000000200. The van der Waals surface area contributed by atoms with Crippen LogP contribution in [0.2, 0.25) is 19.6 Å². The van der Waals surface area contributed by atoms with Crippen molar-refractivity contribution in [3.8, 4) is 33.8 Å². The summed E-state index contributed by atoms with van der Waals surface area (Å²) in [6.45, 7) is 9.27. The number of hydrogen-bond acceptors (Lipinski definition) is 4. The average Bonchev–Trinajstić information content (AvgIpc) is 2.94. The van der Waals surface area contributed by atoms with E-state index in [1.165, 1.54) is 16.3 Å². The van der Waals surface area contributed by atoms with Gasteiger partial charge in [-0.05, 0) is 52.2 Å². The monoisotopic (exact) mass is 679 g/mol. The van der Waals surface area contributed by atoms with Crippen LogP contribution in [0.25, 0.3) is 33.8 Å². The number of aromatic nitrogens is 4. The van der Waals surface area contributed by atoms with Gasteiger partial charge in [0.2, 0.25) is 0 Å². The largest absolute Gasteiger partial charge is 0.360 e. The number of hydrogen-bond donors (Lipinski definition) is 0. The summed E-state index contributed by atoms with van der Waals surface area (Å²) < 4.78 is 0. The van der Waals surface area contributed by atoms with Gasteiger partial charge in [0.15, 0.2) is 0 Å². The topological polar surface area (TPSA) is 51.6 Å². The molecule has 6 heteroatoms. The summed E-state index contributed by atoms with van der Waals surface area (Å²) in [6.07, 6.45) is 11.4. The Morgan fingerprint density at radius 3 is 2.14 bits per heavy atom. The van der Waals surface area contributed by atoms with Crippen LogP contribution in [-0.4, -0.2) is 28.0 Å². The fraction of sp³-hybridized carbons (Fsp3) is 0.161. The summed E-state index contributed by atoms with van der Waals surface area (Å²) in [6, 6.07) is 27.2. The minimum absolute atomic E-state index is 0. The second-order valence-corrected chi connectivity index (χ2v) is 14.5. The molecule has 37 heavy (non-hydrogen) atoms. The first-order valence-electron chi connectivity index (χ1n) is 12.1. The molecule has 0 N–H and O–H groups in total. The van der Waals surface area contributed by atoms with E-state index in [4.69, 9.17) is 0 Å². The summed E-state index contributed by atoms with van der Waals surface area (Å²) in [7, 11) is -1.32. The van der Waals surface area contributed by atoms with Crippen molar-refractivity contribution in [3.63, 3.8) is 0 Å². The zero-order valence-corrected chi connectivity index (χ0v) is 25.0. The average molecular weight is 679 g/mol. The maximum atomic E-state index is 4.56. The van der Waals surface area contributed by atoms with Crippen molar-refractivity contribution in [2.24, 2.45) is 0 Å². The normalized spacial score (nSPS) is 10.6. The van der Waals surface area contributed by atoms with E-state index in [-0.39, 0.29) is 20.1 Å². The van der Waals surface area contributed by atoms with Crippen LogP contribution in [0.1, 0.15) is 12.5 Å². The molecule has 0 bridgehead atoms. The predicted molar refractivity (Wildman–Crippen MR) is 150 cm³/mol. The van der Waals surface area contributed by atoms with Crippen LogP contribution in [0.4, 0.5) is 0 Å². The van der Waals surface area contributed by atoms with Gasteiger partial charge in [-0.3, -0.25) is 4.98 Å². The van der Waals surface area contributed by atoms with Gasteiger partial charge in [0.1, 0.15) is 0 Å². The van der Waals surface area contributed by atoms with Gasteiger partial charge in [-0.25, -0.2) is 0 Å². The summed E-state index contributed by atoms with van der Waals surface area (Å²) >= 11 is 0. The Labute approximate surface area is 234 Å². The van der Waals surface area contributed by atoms with E-state index in [0.29, 0.717) is 0 Å². The first kappa shape index (κ1) is 28.3. The second kappa shape index (κ2) is 13.3. The van der Waals surface area contributed by atoms with E-state index in [2.05, 4.69) is 83.0 Å². The van der Waals surface area contributed by atoms with Gasteiger partial charge in [0.25, 0.3) is 0 Å². The van der Waals surface area contributed by atoms with Gasteiger partial charge < -0.3 is 15.0 Å². The molecule has 0 unspecified atom stereocenters. The minimum Gasteiger partial charge on any atom is -0.360 e. The molecule has 1 aromatic carbocycles. The molecule has 0 spiro atoms. The van der Waals surface area contributed by atoms with Crippen LogP contribution >= 0.6 is 0 Å². The molecule has 5 aromatic rings. The number of pyridine rings is 4. The molecular formula is C31H30IrN4Si-2. The fourth-order valence-corrected chi connectivity index (χ4v) is 5.55. The van der Waals surface area contributed by atoms with Crippen LogP contribution in [0, 0.1) is 12.3 Å². The van der Waals surface area contributed by atoms with E-state index < -0.39 is 8.07 Å². The summed E-state index contributed by atoms with van der Waals surface area (Å²) in [5, 5.41) is 1.45. The van der Waals surface area contributed by atoms with Crippen LogP contribution in [0.5, 0.6) is 0 Å². The van der Waals surface area contributed by atoms with E-state index in [1.54, 1.807) is 12.4 Å². The van der Waals surface area contributed by atoms with Crippen molar-refractivity contribution in [1.29, 1.82) is 0 Å². The van der Waals surface area contributed by atoms with Crippen molar-refractivity contribution in [2.45, 2.75) is 33.0 Å². The van der Waals surface area contributed by atoms with Gasteiger partial charge in [0.05, 0.1) is 8.07 Å². The standard InChI is InChI=1S/C16H11N2.C15H19N2Si.Ir/c1-2-5-13(6-3-1)14-8-9-16(18-12-14)15-7-4-10-17-11-15;1-5-12-10-14(13-8-6-7-9-16-13)17-11-15(12)18(2,3)4;/h1-10,12H;6-7,9-11H,5H2,1-4H3;/q2*-1;. The van der Waals surface area contributed by atoms with E-state index in [0.717, 1.165) is 34.6 Å². The number of benzene rings is 1. The Morgan fingerprint density at radius 2 is 1.54 bits per heavy atom. The second-order valence-electron chi connectivity index (χ2n) is 9.42. The van der Waals surface area contributed by atoms with Crippen LogP contribution < -0.4 is 5.19 Å². The Bertz CT molecular complexity index is 1310. The maximum absolute atomic E-state index is 4.56. The van der Waals surface area contributed by atoms with Crippen molar-refractivity contribution in [3.05, 3.63) is 115 Å². The molecule has 0 saturated heterocycles. The molecule has 189 valence electrons. The fourth-order valence-electron chi connectivity index (χ4n) is 3.88. The molecule has 0 fully saturated rings. The predicted octanol–water partition coefficient (Wildman–Crippen LogP) is 6.66. The zero-order valence-electron chi connectivity index (χ0n) is 21.6. The van der Waals surface area contributed by atoms with Crippen molar-refractivity contribution < 1.29 is 20.1 Å². The molecule has 0 aliphatic rings. The van der Waals surface area contributed by atoms with E-state index in [9.17, 15) is 0 Å². The third kappa shape index (κ3) is 7.59. The summed E-state index contributed by atoms with van der Waals surface area (Å²) in [5.74, 6) is 0. The molecule has 1 radical (unpaired) electrons. The molecule has 4 heterocycles. The molecule has 0 aliphatic heterocycles. The van der Waals surface area contributed by atoms with Crippen molar-refractivity contribution in [2.75, 3.05) is 0 Å². The summed E-state index contributed by atoms with van der Waals surface area (Å²) in [4.78, 5) is 17.3. The Kier molecular flexibility index (Phi) is 10.2. The molecular weight excluding hydrogens is 649 g/mol. The number of rotatable bonds is 5.